The van der Waals surface area contributed by atoms with Gasteiger partial charge in [-0.25, -0.2) is 47.3 Å². The number of carboxylic acid groups (broad SMARTS) is 3. The zero-order chi connectivity index (χ0) is 72.6. The standard InChI is InChI=1S/C41H67N3O47S5.8Na/c1-7(2)78-40-28(90-95(71,72)73)21(54)26(31(88-40)34(58)59)86-38-14(44-93(65,66)67)18(51)23(10(5-46)80-38)82-39-20(53)19(52)25(30(87-39)33(56)57)84-36-12(42-8(3)47)17(50)24(11(81-36)6-77-94(68,69)70)83-41-29(91-96(74,75)76)22(55)27(32(89-41)35(60)61)85-37-13(43-92(62,63)64)16(49)15(48)9(4-45)79-37;;;;;;;;/h7,9-32,36-41,43-46,48-55H,4-6H2,1-3H3,(H,42,47)(H,56,57)(H,58,59)(H,60,61)(H,62,63,64)(H,65,66,67)(H,68,69,70)(H,71,72,73)(H,74,75,76);;;;;;;;/q;8*+1/p-8/t9-,10+,11+,12-,13+,14-,15-,16+,17?,18-,19-,20-,21+,22+,23+,24-,25+,26+,27+,28-,29-,30?,31?,32-,36-,37-,38+,39-,40-,41-;;;;;;;;/m0......../s1. The Morgan fingerprint density at radius 3 is 1.21 bits per heavy atom. The van der Waals surface area contributed by atoms with Crippen molar-refractivity contribution in [3.63, 3.8) is 0 Å². The van der Waals surface area contributed by atoms with Gasteiger partial charge < -0.3 is 161 Å². The largest absolute Gasteiger partial charge is 1.00 e. The zero-order valence-electron chi connectivity index (χ0n) is 56.1. The van der Waals surface area contributed by atoms with E-state index in [1.807, 2.05) is 0 Å². The number of rotatable bonds is 29. The summed E-state index contributed by atoms with van der Waals surface area (Å²) >= 11 is 0. The third-order valence-corrected chi connectivity index (χ3v) is 16.7. The summed E-state index contributed by atoms with van der Waals surface area (Å²) in [4.78, 5) is 41.4. The average Bonchev–Trinajstić information content (AvgIpc) is 0.786. The van der Waals surface area contributed by atoms with Gasteiger partial charge in [0.2, 0.25) is 20.8 Å². The van der Waals surface area contributed by atoms with Gasteiger partial charge in [-0.2, -0.15) is 8.42 Å². The fourth-order valence-electron chi connectivity index (χ4n) is 10.3. The minimum Gasteiger partial charge on any atom is -0.862 e. The first-order chi connectivity index (χ1) is 44.0. The van der Waals surface area contributed by atoms with Crippen molar-refractivity contribution in [3.05, 3.63) is 0 Å². The molecule has 13 N–H and O–H groups in total. The first kappa shape index (κ1) is 113. The van der Waals surface area contributed by atoms with Gasteiger partial charge in [0.05, 0.1) is 43.8 Å². The van der Waals surface area contributed by atoms with Gasteiger partial charge in [0, 0.05) is 0 Å². The van der Waals surface area contributed by atoms with E-state index in [4.69, 9.17) is 56.8 Å². The Balaban J connectivity index is -0.0000128. The molecule has 3 unspecified atom stereocenters. The number of ether oxygens (including phenoxy) is 12. The topological polar surface area (TPSA) is 804 Å². The molecule has 6 aliphatic rings. The molecule has 6 saturated heterocycles. The summed E-state index contributed by atoms with van der Waals surface area (Å²) in [6.07, 6.45) is -74.1. The quantitative estimate of drug-likeness (QED) is 0.0109. The summed E-state index contributed by atoms with van der Waals surface area (Å²) in [5, 5.41) is 161. The van der Waals surface area contributed by atoms with Gasteiger partial charge in [0.25, 0.3) is 0 Å². The Hall–Kier alpha value is 4.35. The number of nitrogens with one attached hydrogen (secondary N) is 2. The molecule has 0 radical (unpaired) electrons. The van der Waals surface area contributed by atoms with Crippen molar-refractivity contribution >= 4 is 75.6 Å². The number of carboxylic acids is 3. The summed E-state index contributed by atoms with van der Waals surface area (Å²) in [6.45, 7) is -1.44. The second-order valence-corrected chi connectivity index (χ2v) is 26.7. The number of aliphatic hydroxyl groups excluding tert-OH is 10. The molecule has 0 aromatic rings. The summed E-state index contributed by atoms with van der Waals surface area (Å²) in [5.74, 6) is -8.84. The number of carbonyl (C=O) groups is 3. The van der Waals surface area contributed by atoms with Gasteiger partial charge in [0.15, 0.2) is 70.6 Å². The van der Waals surface area contributed by atoms with Crippen LogP contribution in [0, 0.1) is 0 Å². The molecule has 104 heavy (non-hydrogen) atoms. The molecule has 63 heteroatoms. The van der Waals surface area contributed by atoms with E-state index in [0.717, 1.165) is 0 Å². The number of aliphatic imine (C=N–C) groups is 1. The number of nitrogens with zero attached hydrogens (tertiary/aromatic N) is 1. The first-order valence-corrected chi connectivity index (χ1v) is 33.6. The normalized spacial score (nSPS) is 38.6. The number of carbonyl (C=O) groups excluding carboxylic acids is 3. The molecule has 6 aliphatic heterocycles. The van der Waals surface area contributed by atoms with Crippen LogP contribution in [0.15, 0.2) is 4.99 Å². The van der Waals surface area contributed by atoms with Crippen LogP contribution in [-0.4, -0.2) is 350 Å². The maximum atomic E-state index is 12.9. The Kier molecular flexibility index (Phi) is 51.1. The van der Waals surface area contributed by atoms with Crippen molar-refractivity contribution in [2.24, 2.45) is 4.99 Å². The van der Waals surface area contributed by atoms with Crippen LogP contribution in [0.3, 0.4) is 0 Å². The van der Waals surface area contributed by atoms with Crippen molar-refractivity contribution in [3.8, 4) is 0 Å². The van der Waals surface area contributed by atoms with E-state index in [1.54, 1.807) is 0 Å². The Morgan fingerprint density at radius 2 is 0.808 bits per heavy atom. The molecule has 6 rings (SSSR count). The number of aliphatic carboxylic acids is 3. The molecule has 0 amide bonds. The van der Waals surface area contributed by atoms with Crippen molar-refractivity contribution in [1.29, 1.82) is 0 Å². The smallest absolute Gasteiger partial charge is 0.862 e. The fourth-order valence-corrected chi connectivity index (χ4v) is 12.8. The van der Waals surface area contributed by atoms with Gasteiger partial charge >= 0.3 is 247 Å². The monoisotopic (exact) mass is 1690 g/mol. The van der Waals surface area contributed by atoms with Crippen molar-refractivity contribution in [1.82, 2.24) is 9.44 Å². The molecule has 0 aromatic carbocycles. The van der Waals surface area contributed by atoms with E-state index in [0.29, 0.717) is 6.92 Å². The van der Waals surface area contributed by atoms with E-state index < -0.39 is 286 Å². The molecule has 0 aliphatic carbocycles. The minimum absolute atomic E-state index is 0. The molecule has 50 nitrogen and oxygen atoms in total. The molecular formula is C41H59N3Na8O47S5. The second kappa shape index (κ2) is 47.2. The van der Waals surface area contributed by atoms with E-state index >= 15 is 0 Å². The maximum Gasteiger partial charge on any atom is 1.00 e. The summed E-state index contributed by atoms with van der Waals surface area (Å²) < 4.78 is 256. The van der Waals surface area contributed by atoms with Crippen molar-refractivity contribution in [2.45, 2.75) is 211 Å². The van der Waals surface area contributed by atoms with Crippen molar-refractivity contribution < 1.29 is 457 Å². The number of hydrogen-bond acceptors (Lipinski definition) is 47. The van der Waals surface area contributed by atoms with Crippen LogP contribution in [0.4, 0.5) is 0 Å². The van der Waals surface area contributed by atoms with Crippen LogP contribution in [0.5, 0.6) is 0 Å². The third-order valence-electron chi connectivity index (χ3n) is 14.2. The predicted molar refractivity (Wildman–Crippen MR) is 267 cm³/mol. The molecule has 6 fully saturated rings. The third kappa shape index (κ3) is 31.2. The number of hydrogen-bond donors (Lipinski definition) is 13. The maximum absolute atomic E-state index is 12.9. The van der Waals surface area contributed by atoms with E-state index in [9.17, 15) is 151 Å². The zero-order valence-corrected chi connectivity index (χ0v) is 76.2. The first-order valence-electron chi connectivity index (χ1n) is 26.8. The van der Waals surface area contributed by atoms with E-state index in [-0.39, 0.29) is 236 Å². The fraction of sp³-hybridized carbons (Fsp3) is 0.902. The summed E-state index contributed by atoms with van der Waals surface area (Å²) in [6, 6.07) is -7.83. The van der Waals surface area contributed by atoms with Crippen LogP contribution in [0.2, 0.25) is 0 Å². The molecule has 0 spiro atoms. The van der Waals surface area contributed by atoms with Crippen LogP contribution in [0.1, 0.15) is 20.8 Å². The van der Waals surface area contributed by atoms with Crippen LogP contribution in [0.25, 0.3) is 0 Å². The van der Waals surface area contributed by atoms with Crippen LogP contribution in [-0.2, 0) is 136 Å². The van der Waals surface area contributed by atoms with Gasteiger partial charge in [-0.1, -0.05) is 0 Å². The molecule has 558 valence electrons. The van der Waals surface area contributed by atoms with Gasteiger partial charge in [-0.3, -0.25) is 17.9 Å². The van der Waals surface area contributed by atoms with Gasteiger partial charge in [-0.05, 0) is 26.7 Å². The molecule has 0 saturated carbocycles. The Labute approximate surface area is 766 Å². The van der Waals surface area contributed by atoms with Gasteiger partial charge in [0.1, 0.15) is 134 Å². The van der Waals surface area contributed by atoms with Crippen LogP contribution >= 0.6 is 0 Å². The SMILES string of the molecule is CC([O-])=N[C@H]1C(O)[C@@H](O[C@H]2O[C@H](C(=O)[O-])[C@H](O[C@@H]3O[C@@H](CO)[C@H](O)[C@H](O)[C@H]3NS(=O)(=O)[O-])[C@@H](O)[C@@H]2OS(=O)(=O)O)[C@@H](COS(=O)(=O)[O-])O[C@H]1O[C@H]1C(C(=O)[O-])O[C@H](O[C@H]2[C@@H](O)[C@H](NS(=O)(=O)[O-])[C@@H](O[C@H]3C(C(=O)[O-])O[C@H](OC(C)C)[C@@H](OS(=O)(=O)[O-])[C@@H]3O)O[C@@H]2CO)[C@@H](O)[C@@H]1O.[Na+].[Na+].[Na+].[Na+].[Na+].[Na+].[Na+].[Na+]. The molecule has 30 atom stereocenters. The summed E-state index contributed by atoms with van der Waals surface area (Å²) in [5.41, 5.74) is 0. The predicted octanol–water partition coefficient (Wildman–Crippen LogP) is -43.7. The Bertz CT molecular complexity index is 3340. The Morgan fingerprint density at radius 1 is 0.433 bits per heavy atom. The molecule has 0 aromatic heterocycles. The van der Waals surface area contributed by atoms with Crippen molar-refractivity contribution in [2.75, 3.05) is 19.8 Å². The van der Waals surface area contributed by atoms with Crippen LogP contribution < -0.4 is 266 Å². The minimum atomic E-state index is -6.05. The van der Waals surface area contributed by atoms with E-state index in [2.05, 4.69) is 17.5 Å². The number of aliphatic hydroxyl groups is 10. The second-order valence-electron chi connectivity index (χ2n) is 21.3. The average molecular weight is 1690 g/mol. The molecule has 0 bridgehead atoms. The molecule has 6 heterocycles. The van der Waals surface area contributed by atoms with E-state index in [1.165, 1.54) is 23.3 Å². The summed E-state index contributed by atoms with van der Waals surface area (Å²) in [7, 11) is -29.6. The molecular weight excluding hydrogens is 1630 g/mol. The van der Waals surface area contributed by atoms with Gasteiger partial charge in [-0.15, -0.1) is 0 Å².